The zero-order valence-electron chi connectivity index (χ0n) is 16.2. The summed E-state index contributed by atoms with van der Waals surface area (Å²) < 4.78 is 13.0. The van der Waals surface area contributed by atoms with Gasteiger partial charge in [-0.2, -0.15) is 5.10 Å². The van der Waals surface area contributed by atoms with Crippen molar-refractivity contribution in [2.24, 2.45) is 0 Å². The largest absolute Gasteiger partial charge is 0.380 e. The first kappa shape index (κ1) is 21.8. The molecule has 0 bridgehead atoms. The normalized spacial score (nSPS) is 11.6. The minimum atomic E-state index is -1.14. The van der Waals surface area contributed by atoms with Gasteiger partial charge < -0.3 is 14.8 Å². The van der Waals surface area contributed by atoms with E-state index in [1.807, 2.05) is 30.3 Å². The number of nitrogens with one attached hydrogen (secondary N) is 1. The van der Waals surface area contributed by atoms with Crippen LogP contribution in [0.3, 0.4) is 0 Å². The Balaban J connectivity index is 1.76. The molecule has 148 valence electrons. The van der Waals surface area contributed by atoms with Crippen molar-refractivity contribution >= 4 is 29.7 Å². The van der Waals surface area contributed by atoms with Crippen molar-refractivity contribution in [2.75, 3.05) is 25.1 Å². The average Bonchev–Trinajstić information content (AvgIpc) is 2.63. The lowest BCUT2D eigenvalue weighted by Crippen LogP contribution is -2.27. The molecule has 1 aromatic heterocycles. The van der Waals surface area contributed by atoms with Crippen molar-refractivity contribution in [3.05, 3.63) is 56.9 Å². The fourth-order valence-corrected chi connectivity index (χ4v) is 3.44. The van der Waals surface area contributed by atoms with Gasteiger partial charge in [-0.15, -0.1) is 0 Å². The van der Waals surface area contributed by atoms with Crippen LogP contribution in [0.1, 0.15) is 5.56 Å². The van der Waals surface area contributed by atoms with Crippen LogP contribution in [-0.2, 0) is 22.8 Å². The molecule has 1 heterocycles. The standard InChI is InChI=1S/C19H28BrN3O3Si/c1-27(2,3)12-11-26-15-23-19(24)18(20)17(13-22-23)21-9-10-25-14-16-7-5-4-6-8-16/h4-8,13,21H,9-12,14-15H2,1-3H3. The lowest BCUT2D eigenvalue weighted by molar-refractivity contribution is 0.0748. The summed E-state index contributed by atoms with van der Waals surface area (Å²) >= 11 is 3.35. The summed E-state index contributed by atoms with van der Waals surface area (Å²) in [6.45, 7) is 9.39. The van der Waals surface area contributed by atoms with Crippen molar-refractivity contribution in [2.45, 2.75) is 39.0 Å². The maximum atomic E-state index is 12.4. The van der Waals surface area contributed by atoms with Gasteiger partial charge in [-0.25, -0.2) is 4.68 Å². The van der Waals surface area contributed by atoms with Crippen LogP contribution >= 0.6 is 15.9 Å². The van der Waals surface area contributed by atoms with Crippen molar-refractivity contribution in [3.8, 4) is 0 Å². The lowest BCUT2D eigenvalue weighted by Gasteiger charge is -2.15. The number of benzene rings is 1. The number of nitrogens with zero attached hydrogens (tertiary/aromatic N) is 2. The molecule has 6 nitrogen and oxygen atoms in total. The van der Waals surface area contributed by atoms with E-state index in [2.05, 4.69) is 46.0 Å². The van der Waals surface area contributed by atoms with Crippen LogP contribution in [-0.4, -0.2) is 37.6 Å². The van der Waals surface area contributed by atoms with E-state index in [9.17, 15) is 4.79 Å². The highest BCUT2D eigenvalue weighted by Gasteiger charge is 2.13. The molecule has 0 unspecified atom stereocenters. The third kappa shape index (κ3) is 7.96. The smallest absolute Gasteiger partial charge is 0.285 e. The summed E-state index contributed by atoms with van der Waals surface area (Å²) in [6.07, 6.45) is 1.63. The minimum Gasteiger partial charge on any atom is -0.380 e. The molecule has 27 heavy (non-hydrogen) atoms. The summed E-state index contributed by atoms with van der Waals surface area (Å²) in [7, 11) is -1.14. The third-order valence-corrected chi connectivity index (χ3v) is 6.34. The maximum absolute atomic E-state index is 12.4. The highest BCUT2D eigenvalue weighted by atomic mass is 79.9. The van der Waals surface area contributed by atoms with Gasteiger partial charge in [-0.05, 0) is 27.5 Å². The van der Waals surface area contributed by atoms with Gasteiger partial charge in [0, 0.05) is 21.2 Å². The highest BCUT2D eigenvalue weighted by molar-refractivity contribution is 9.10. The van der Waals surface area contributed by atoms with Crippen molar-refractivity contribution in [1.29, 1.82) is 0 Å². The lowest BCUT2D eigenvalue weighted by atomic mass is 10.2. The average molecular weight is 454 g/mol. The van der Waals surface area contributed by atoms with Crippen molar-refractivity contribution < 1.29 is 9.47 Å². The Morgan fingerprint density at radius 3 is 2.59 bits per heavy atom. The topological polar surface area (TPSA) is 65.4 Å². The van der Waals surface area contributed by atoms with Crippen LogP contribution in [0.5, 0.6) is 0 Å². The molecule has 0 aliphatic carbocycles. The molecule has 0 saturated heterocycles. The van der Waals surface area contributed by atoms with Gasteiger partial charge in [0.15, 0.2) is 0 Å². The zero-order chi connectivity index (χ0) is 19.7. The van der Waals surface area contributed by atoms with E-state index in [0.717, 1.165) is 11.6 Å². The van der Waals surface area contributed by atoms with Gasteiger partial charge in [-0.1, -0.05) is 50.0 Å². The van der Waals surface area contributed by atoms with Gasteiger partial charge >= 0.3 is 0 Å². The number of hydrogen-bond donors (Lipinski definition) is 1. The Bertz CT molecular complexity index is 763. The molecule has 0 aliphatic heterocycles. The second kappa shape index (κ2) is 10.7. The molecule has 0 spiro atoms. The first-order valence-corrected chi connectivity index (χ1v) is 13.6. The molecule has 1 aromatic carbocycles. The van der Waals surface area contributed by atoms with E-state index in [4.69, 9.17) is 9.47 Å². The van der Waals surface area contributed by atoms with Crippen LogP contribution in [0.4, 0.5) is 5.69 Å². The fraction of sp³-hybridized carbons (Fsp3) is 0.474. The summed E-state index contributed by atoms with van der Waals surface area (Å²) in [5, 5.41) is 7.35. The number of rotatable bonds is 11. The summed E-state index contributed by atoms with van der Waals surface area (Å²) in [4.78, 5) is 12.4. The Labute approximate surface area is 170 Å². The summed E-state index contributed by atoms with van der Waals surface area (Å²) in [6, 6.07) is 11.1. The van der Waals surface area contributed by atoms with E-state index in [1.165, 1.54) is 4.68 Å². The number of ether oxygens (including phenoxy) is 2. The Hall–Kier alpha value is -1.48. The molecular weight excluding hydrogens is 426 g/mol. The van der Waals surface area contributed by atoms with Gasteiger partial charge in [-0.3, -0.25) is 4.79 Å². The first-order chi connectivity index (χ1) is 12.9. The van der Waals surface area contributed by atoms with Gasteiger partial charge in [0.1, 0.15) is 11.2 Å². The molecule has 0 atom stereocenters. The summed E-state index contributed by atoms with van der Waals surface area (Å²) in [5.41, 5.74) is 1.58. The third-order valence-electron chi connectivity index (χ3n) is 3.87. The molecule has 1 N–H and O–H groups in total. The molecule has 2 aromatic rings. The number of halogens is 1. The number of aromatic nitrogens is 2. The minimum absolute atomic E-state index is 0.169. The number of anilines is 1. The van der Waals surface area contributed by atoms with Crippen LogP contribution < -0.4 is 10.9 Å². The maximum Gasteiger partial charge on any atom is 0.285 e. The molecule has 2 rings (SSSR count). The van der Waals surface area contributed by atoms with Crippen LogP contribution in [0.2, 0.25) is 25.7 Å². The van der Waals surface area contributed by atoms with Crippen LogP contribution in [0.15, 0.2) is 45.8 Å². The van der Waals surface area contributed by atoms with Crippen molar-refractivity contribution in [1.82, 2.24) is 9.78 Å². The van der Waals surface area contributed by atoms with Gasteiger partial charge in [0.2, 0.25) is 0 Å². The van der Waals surface area contributed by atoms with E-state index in [0.29, 0.717) is 36.5 Å². The fourth-order valence-electron chi connectivity index (χ4n) is 2.23. The highest BCUT2D eigenvalue weighted by Crippen LogP contribution is 2.16. The zero-order valence-corrected chi connectivity index (χ0v) is 18.8. The van der Waals surface area contributed by atoms with E-state index in [-0.39, 0.29) is 12.3 Å². The monoisotopic (exact) mass is 453 g/mol. The SMILES string of the molecule is C[Si](C)(C)CCOCn1ncc(NCCOCc2ccccc2)c(Br)c1=O. The molecule has 0 amide bonds. The molecule has 0 radical (unpaired) electrons. The Kier molecular flexibility index (Phi) is 8.68. The quantitative estimate of drug-likeness (QED) is 0.412. The Morgan fingerprint density at radius 2 is 1.89 bits per heavy atom. The van der Waals surface area contributed by atoms with Crippen LogP contribution in [0.25, 0.3) is 0 Å². The molecule has 0 aliphatic rings. The van der Waals surface area contributed by atoms with Gasteiger partial charge in [0.25, 0.3) is 5.56 Å². The second-order valence-corrected chi connectivity index (χ2v) is 13.9. The molecule has 0 saturated carbocycles. The van der Waals surface area contributed by atoms with E-state index < -0.39 is 8.07 Å². The Morgan fingerprint density at radius 1 is 1.15 bits per heavy atom. The summed E-state index contributed by atoms with van der Waals surface area (Å²) in [5.74, 6) is 0. The number of hydrogen-bond acceptors (Lipinski definition) is 5. The second-order valence-electron chi connectivity index (χ2n) is 7.49. The molecule has 8 heteroatoms. The van der Waals surface area contributed by atoms with Crippen LogP contribution in [0, 0.1) is 0 Å². The predicted molar refractivity (Wildman–Crippen MR) is 115 cm³/mol. The first-order valence-electron chi connectivity index (χ1n) is 9.06. The van der Waals surface area contributed by atoms with E-state index in [1.54, 1.807) is 6.20 Å². The predicted octanol–water partition coefficient (Wildman–Crippen LogP) is 3.95. The molecular formula is C19H28BrN3O3Si. The molecule has 0 fully saturated rings. The van der Waals surface area contributed by atoms with E-state index >= 15 is 0 Å². The van der Waals surface area contributed by atoms with Gasteiger partial charge in [0.05, 0.1) is 25.1 Å². The van der Waals surface area contributed by atoms with Crippen molar-refractivity contribution in [3.63, 3.8) is 0 Å².